The number of nitrogen functional groups attached to an aromatic ring is 1. The lowest BCUT2D eigenvalue weighted by Gasteiger charge is -2.34. The summed E-state index contributed by atoms with van der Waals surface area (Å²) in [6.07, 6.45) is 3.99. The van der Waals surface area contributed by atoms with Gasteiger partial charge < -0.3 is 15.2 Å². The number of nitrogens with zero attached hydrogens (tertiary/aromatic N) is 2. The summed E-state index contributed by atoms with van der Waals surface area (Å²) in [6.45, 7) is 1.37. The van der Waals surface area contributed by atoms with Gasteiger partial charge in [0, 0.05) is 50.8 Å². The van der Waals surface area contributed by atoms with E-state index in [-0.39, 0.29) is 0 Å². The van der Waals surface area contributed by atoms with Gasteiger partial charge in [-0.3, -0.25) is 0 Å². The van der Waals surface area contributed by atoms with Gasteiger partial charge in [0.25, 0.3) is 0 Å². The first-order chi connectivity index (χ1) is 8.73. The largest absolute Gasteiger partial charge is 0.384 e. The van der Waals surface area contributed by atoms with Gasteiger partial charge in [-0.15, -0.1) is 0 Å². The fourth-order valence-electron chi connectivity index (χ4n) is 2.50. The Balaban J connectivity index is 1.97. The molecule has 5 heteroatoms. The fraction of sp³-hybridized carbons (Fsp3) is 0.692. The van der Waals surface area contributed by atoms with Crippen LogP contribution in [0.15, 0.2) is 6.07 Å². The van der Waals surface area contributed by atoms with E-state index in [0.29, 0.717) is 24.9 Å². The van der Waals surface area contributed by atoms with E-state index in [9.17, 15) is 0 Å². The average molecular weight is 249 g/mol. The zero-order chi connectivity index (χ0) is 12.6. The van der Waals surface area contributed by atoms with Crippen LogP contribution >= 0.6 is 0 Å². The monoisotopic (exact) mass is 249 g/mol. The van der Waals surface area contributed by atoms with E-state index in [1.54, 1.807) is 7.11 Å². The molecule has 0 aromatic carbocycles. The molecule has 0 atom stereocenters. The molecule has 18 heavy (non-hydrogen) atoms. The summed E-state index contributed by atoms with van der Waals surface area (Å²) in [6, 6.07) is 1.89. The lowest BCUT2D eigenvalue weighted by atomic mass is 9.93. The molecule has 2 N–H and O–H groups in total. The number of methoxy groups -OCH3 is 1. The smallest absolute Gasteiger partial charge is 0.163 e. The Morgan fingerprint density at radius 1 is 1.33 bits per heavy atom. The van der Waals surface area contributed by atoms with E-state index >= 15 is 0 Å². The second-order valence-electron chi connectivity index (χ2n) is 5.13. The van der Waals surface area contributed by atoms with Crippen LogP contribution in [-0.2, 0) is 15.1 Å². The average Bonchev–Trinajstić information content (AvgIpc) is 3.23. The number of rotatable bonds is 3. The minimum absolute atomic E-state index is 0.419. The molecule has 2 heterocycles. The molecule has 2 aliphatic rings. The molecule has 2 fully saturated rings. The van der Waals surface area contributed by atoms with Crippen molar-refractivity contribution in [1.82, 2.24) is 9.97 Å². The van der Waals surface area contributed by atoms with E-state index in [0.717, 1.165) is 24.4 Å². The fourth-order valence-corrected chi connectivity index (χ4v) is 2.50. The van der Waals surface area contributed by atoms with Crippen LogP contribution in [0.3, 0.4) is 0 Å². The Hall–Kier alpha value is -1.20. The Morgan fingerprint density at radius 2 is 2.06 bits per heavy atom. The highest BCUT2D eigenvalue weighted by Crippen LogP contribution is 2.41. The van der Waals surface area contributed by atoms with Crippen LogP contribution < -0.4 is 5.73 Å². The number of aromatic nitrogens is 2. The summed E-state index contributed by atoms with van der Waals surface area (Å²) in [5, 5.41) is 0. The van der Waals surface area contributed by atoms with Crippen LogP contribution in [0.1, 0.15) is 43.1 Å². The zero-order valence-corrected chi connectivity index (χ0v) is 10.7. The van der Waals surface area contributed by atoms with E-state index in [4.69, 9.17) is 20.2 Å². The molecule has 98 valence electrons. The first-order valence-electron chi connectivity index (χ1n) is 6.51. The van der Waals surface area contributed by atoms with Gasteiger partial charge in [0.05, 0.1) is 0 Å². The van der Waals surface area contributed by atoms with E-state index < -0.39 is 5.60 Å². The third kappa shape index (κ3) is 2.08. The lowest BCUT2D eigenvalue weighted by Crippen LogP contribution is -2.37. The Bertz CT molecular complexity index is 440. The van der Waals surface area contributed by atoms with Gasteiger partial charge in [-0.2, -0.15) is 0 Å². The van der Waals surface area contributed by atoms with Gasteiger partial charge in [-0.1, -0.05) is 0 Å². The van der Waals surface area contributed by atoms with Gasteiger partial charge in [0.2, 0.25) is 0 Å². The maximum atomic E-state index is 5.91. The van der Waals surface area contributed by atoms with Crippen LogP contribution in [0, 0.1) is 0 Å². The summed E-state index contributed by atoms with van der Waals surface area (Å²) in [4.78, 5) is 9.09. The maximum absolute atomic E-state index is 5.91. The van der Waals surface area contributed by atoms with Crippen LogP contribution in [0.4, 0.5) is 5.82 Å². The minimum Gasteiger partial charge on any atom is -0.384 e. The van der Waals surface area contributed by atoms with Crippen LogP contribution in [0.25, 0.3) is 0 Å². The molecular formula is C13H19N3O2. The summed E-state index contributed by atoms with van der Waals surface area (Å²) in [7, 11) is 1.72. The second kappa shape index (κ2) is 4.48. The van der Waals surface area contributed by atoms with Gasteiger partial charge in [-0.05, 0) is 12.8 Å². The molecule has 0 radical (unpaired) electrons. The predicted molar refractivity (Wildman–Crippen MR) is 67.2 cm³/mol. The van der Waals surface area contributed by atoms with Gasteiger partial charge in [0.15, 0.2) is 5.82 Å². The SMILES string of the molecule is COC1(c2nc(N)cc(C3CC3)n2)CCOCC1. The van der Waals surface area contributed by atoms with Crippen LogP contribution in [0.2, 0.25) is 0 Å². The topological polar surface area (TPSA) is 70.3 Å². The Morgan fingerprint density at radius 3 is 2.67 bits per heavy atom. The lowest BCUT2D eigenvalue weighted by molar-refractivity contribution is -0.1000. The minimum atomic E-state index is -0.419. The predicted octanol–water partition coefficient (Wildman–Crippen LogP) is 1.59. The van der Waals surface area contributed by atoms with Crippen molar-refractivity contribution >= 4 is 5.82 Å². The van der Waals surface area contributed by atoms with E-state index in [1.165, 1.54) is 12.8 Å². The molecule has 1 aliphatic heterocycles. The molecule has 0 unspecified atom stereocenters. The summed E-state index contributed by atoms with van der Waals surface area (Å²) >= 11 is 0. The van der Waals surface area contributed by atoms with Crippen molar-refractivity contribution in [3.8, 4) is 0 Å². The molecule has 1 aromatic heterocycles. The molecule has 0 bridgehead atoms. The van der Waals surface area contributed by atoms with Gasteiger partial charge in [0.1, 0.15) is 11.4 Å². The van der Waals surface area contributed by atoms with Crippen molar-refractivity contribution in [2.75, 3.05) is 26.1 Å². The van der Waals surface area contributed by atoms with Crippen molar-refractivity contribution in [3.05, 3.63) is 17.6 Å². The molecule has 5 nitrogen and oxygen atoms in total. The third-order valence-electron chi connectivity index (χ3n) is 3.86. The quantitative estimate of drug-likeness (QED) is 0.880. The molecule has 1 aromatic rings. The third-order valence-corrected chi connectivity index (χ3v) is 3.86. The maximum Gasteiger partial charge on any atom is 0.163 e. The molecule has 1 saturated carbocycles. The Kier molecular flexibility index (Phi) is 2.95. The zero-order valence-electron chi connectivity index (χ0n) is 10.7. The number of hydrogen-bond acceptors (Lipinski definition) is 5. The summed E-state index contributed by atoms with van der Waals surface area (Å²) < 4.78 is 11.1. The number of ether oxygens (including phenoxy) is 2. The molecule has 0 amide bonds. The number of hydrogen-bond donors (Lipinski definition) is 1. The highest BCUT2D eigenvalue weighted by atomic mass is 16.5. The van der Waals surface area contributed by atoms with Crippen molar-refractivity contribution in [3.63, 3.8) is 0 Å². The molecule has 1 saturated heterocycles. The molecule has 1 aliphatic carbocycles. The van der Waals surface area contributed by atoms with Crippen molar-refractivity contribution in [2.24, 2.45) is 0 Å². The Labute approximate surface area is 107 Å². The van der Waals surface area contributed by atoms with Crippen molar-refractivity contribution in [1.29, 1.82) is 0 Å². The van der Waals surface area contributed by atoms with E-state index in [2.05, 4.69) is 4.98 Å². The normalized spacial score (nSPS) is 22.9. The van der Waals surface area contributed by atoms with Crippen LogP contribution in [-0.4, -0.2) is 30.3 Å². The summed E-state index contributed by atoms with van der Waals surface area (Å²) in [5.74, 6) is 1.85. The van der Waals surface area contributed by atoms with Crippen LogP contribution in [0.5, 0.6) is 0 Å². The first kappa shape index (κ1) is 11.9. The first-order valence-corrected chi connectivity index (χ1v) is 6.51. The number of anilines is 1. The number of nitrogens with two attached hydrogens (primary N) is 1. The molecular weight excluding hydrogens is 230 g/mol. The highest BCUT2D eigenvalue weighted by molar-refractivity contribution is 5.34. The molecule has 3 rings (SSSR count). The van der Waals surface area contributed by atoms with Gasteiger partial charge >= 0.3 is 0 Å². The standard InChI is InChI=1S/C13H19N3O2/c1-17-13(4-6-18-7-5-13)12-15-10(9-2-3-9)8-11(14)16-12/h8-9H,2-7H2,1H3,(H2,14,15,16). The van der Waals surface area contributed by atoms with Crippen molar-refractivity contribution in [2.45, 2.75) is 37.2 Å². The second-order valence-corrected chi connectivity index (χ2v) is 5.13. The van der Waals surface area contributed by atoms with Gasteiger partial charge in [-0.25, -0.2) is 9.97 Å². The van der Waals surface area contributed by atoms with E-state index in [1.807, 2.05) is 6.07 Å². The molecule has 0 spiro atoms. The highest BCUT2D eigenvalue weighted by Gasteiger charge is 2.38. The van der Waals surface area contributed by atoms with Crippen molar-refractivity contribution < 1.29 is 9.47 Å². The summed E-state index contributed by atoms with van der Waals surface area (Å²) in [5.41, 5.74) is 6.56.